The quantitative estimate of drug-likeness (QED) is 0.561. The zero-order valence-corrected chi connectivity index (χ0v) is 15.5. The molecule has 0 aliphatic carbocycles. The Balaban J connectivity index is 2.90. The smallest absolute Gasteiger partial charge is 0.412 e. The van der Waals surface area contributed by atoms with Gasteiger partial charge in [0.1, 0.15) is 12.1 Å². The molecule has 0 radical (unpaired) electrons. The molecule has 8 heteroatoms. The second-order valence-electron chi connectivity index (χ2n) is 5.58. The van der Waals surface area contributed by atoms with Crippen LogP contribution in [0.2, 0.25) is 0 Å². The summed E-state index contributed by atoms with van der Waals surface area (Å²) in [5, 5.41) is 4.97. The van der Waals surface area contributed by atoms with Crippen LogP contribution in [0.1, 0.15) is 31.1 Å². The van der Waals surface area contributed by atoms with Gasteiger partial charge in [-0.05, 0) is 61.6 Å². The number of esters is 1. The summed E-state index contributed by atoms with van der Waals surface area (Å²) in [6.45, 7) is 4.96. The maximum absolute atomic E-state index is 12.2. The number of carbonyl (C=O) groups excluding carboxylic acids is 3. The number of ether oxygens (including phenoxy) is 2. The van der Waals surface area contributed by atoms with Crippen LogP contribution in [0.5, 0.6) is 0 Å². The predicted octanol–water partition coefficient (Wildman–Crippen LogP) is 2.54. The standard InChI is InChI=1S/C15H19IN2O5/c1-15(2,3)23-14(21)18-11-6-5-9(16)7-10(11)13(20)17-8-12(19)22-4/h5-7H,8H2,1-4H3,(H,17,20)(H,18,21). The van der Waals surface area contributed by atoms with Gasteiger partial charge in [-0.3, -0.25) is 14.9 Å². The summed E-state index contributed by atoms with van der Waals surface area (Å²) in [6.07, 6.45) is -0.666. The molecule has 0 aliphatic rings. The molecule has 2 amide bonds. The van der Waals surface area contributed by atoms with Crippen LogP contribution in [0.25, 0.3) is 0 Å². The van der Waals surface area contributed by atoms with Crippen molar-refractivity contribution in [2.45, 2.75) is 26.4 Å². The molecule has 0 bridgehead atoms. The molecule has 0 saturated carbocycles. The third-order valence-corrected chi connectivity index (χ3v) is 3.15. The van der Waals surface area contributed by atoms with Gasteiger partial charge in [0.15, 0.2) is 0 Å². The summed E-state index contributed by atoms with van der Waals surface area (Å²) in [7, 11) is 1.23. The molecule has 7 nitrogen and oxygen atoms in total. The van der Waals surface area contributed by atoms with Crippen LogP contribution in [0.15, 0.2) is 18.2 Å². The van der Waals surface area contributed by atoms with Crippen molar-refractivity contribution >= 4 is 46.2 Å². The molecular formula is C15H19IN2O5. The second-order valence-corrected chi connectivity index (χ2v) is 6.82. The largest absolute Gasteiger partial charge is 0.468 e. The highest BCUT2D eigenvalue weighted by Crippen LogP contribution is 2.20. The number of carbonyl (C=O) groups is 3. The number of anilines is 1. The molecule has 126 valence electrons. The fourth-order valence-corrected chi connectivity index (χ4v) is 2.04. The van der Waals surface area contributed by atoms with E-state index >= 15 is 0 Å². The van der Waals surface area contributed by atoms with Gasteiger partial charge in [0.2, 0.25) is 0 Å². The van der Waals surface area contributed by atoms with Crippen molar-refractivity contribution in [2.24, 2.45) is 0 Å². The fraction of sp³-hybridized carbons (Fsp3) is 0.400. The van der Waals surface area contributed by atoms with Crippen LogP contribution in [-0.4, -0.2) is 37.2 Å². The monoisotopic (exact) mass is 434 g/mol. The summed E-state index contributed by atoms with van der Waals surface area (Å²) in [5.74, 6) is -1.06. The van der Waals surface area contributed by atoms with Gasteiger partial charge >= 0.3 is 12.1 Å². The van der Waals surface area contributed by atoms with Crippen LogP contribution >= 0.6 is 22.6 Å². The highest BCUT2D eigenvalue weighted by atomic mass is 127. The average Bonchev–Trinajstić information content (AvgIpc) is 2.44. The Hall–Kier alpha value is -1.84. The molecule has 0 atom stereocenters. The highest BCUT2D eigenvalue weighted by molar-refractivity contribution is 14.1. The van der Waals surface area contributed by atoms with Gasteiger partial charge in [0.25, 0.3) is 5.91 Å². The Morgan fingerprint density at radius 3 is 2.43 bits per heavy atom. The molecule has 0 fully saturated rings. The fourth-order valence-electron chi connectivity index (χ4n) is 1.55. The Bertz CT molecular complexity index is 610. The Labute approximate surface area is 148 Å². The van der Waals surface area contributed by atoms with Crippen molar-refractivity contribution in [2.75, 3.05) is 19.0 Å². The molecule has 0 unspecified atom stereocenters. The maximum Gasteiger partial charge on any atom is 0.412 e. The zero-order chi connectivity index (χ0) is 17.6. The Kier molecular flexibility index (Phi) is 6.79. The SMILES string of the molecule is COC(=O)CNC(=O)c1cc(I)ccc1NC(=O)OC(C)(C)C. The van der Waals surface area contributed by atoms with Crippen molar-refractivity contribution in [1.29, 1.82) is 0 Å². The number of methoxy groups -OCH3 is 1. The number of nitrogens with one attached hydrogen (secondary N) is 2. The van der Waals surface area contributed by atoms with E-state index in [0.29, 0.717) is 5.69 Å². The van der Waals surface area contributed by atoms with Gasteiger partial charge in [-0.1, -0.05) is 0 Å². The molecule has 1 aromatic carbocycles. The van der Waals surface area contributed by atoms with Gasteiger partial charge in [0, 0.05) is 3.57 Å². The van der Waals surface area contributed by atoms with Gasteiger partial charge in [-0.25, -0.2) is 4.79 Å². The van der Waals surface area contributed by atoms with Crippen LogP contribution in [-0.2, 0) is 14.3 Å². The van der Waals surface area contributed by atoms with Crippen LogP contribution in [0, 0.1) is 3.57 Å². The van der Waals surface area contributed by atoms with E-state index in [1.807, 2.05) is 22.6 Å². The van der Waals surface area contributed by atoms with Gasteiger partial charge in [-0.15, -0.1) is 0 Å². The van der Waals surface area contributed by atoms with Gasteiger partial charge in [-0.2, -0.15) is 0 Å². The third-order valence-electron chi connectivity index (χ3n) is 2.48. The first-order chi connectivity index (χ1) is 10.6. The van der Waals surface area contributed by atoms with Gasteiger partial charge in [0.05, 0.1) is 18.4 Å². The number of hydrogen-bond acceptors (Lipinski definition) is 5. The molecule has 0 heterocycles. The number of halogens is 1. The summed E-state index contributed by atoms with van der Waals surface area (Å²) in [4.78, 5) is 35.2. The number of rotatable bonds is 4. The number of amides is 2. The van der Waals surface area contributed by atoms with E-state index in [2.05, 4.69) is 15.4 Å². The highest BCUT2D eigenvalue weighted by Gasteiger charge is 2.19. The topological polar surface area (TPSA) is 93.7 Å². The van der Waals surface area contributed by atoms with E-state index in [4.69, 9.17) is 4.74 Å². The first-order valence-electron chi connectivity index (χ1n) is 6.77. The van der Waals surface area contributed by atoms with Crippen molar-refractivity contribution in [3.63, 3.8) is 0 Å². The molecule has 1 aromatic rings. The van der Waals surface area contributed by atoms with Gasteiger partial charge < -0.3 is 14.8 Å². The Morgan fingerprint density at radius 1 is 1.22 bits per heavy atom. The molecule has 0 spiro atoms. The zero-order valence-electron chi connectivity index (χ0n) is 13.4. The molecule has 0 aliphatic heterocycles. The molecule has 23 heavy (non-hydrogen) atoms. The molecule has 0 aromatic heterocycles. The first-order valence-corrected chi connectivity index (χ1v) is 7.85. The maximum atomic E-state index is 12.2. The van der Waals surface area contributed by atoms with Crippen molar-refractivity contribution in [1.82, 2.24) is 5.32 Å². The van der Waals surface area contributed by atoms with E-state index in [0.717, 1.165) is 3.57 Å². The van der Waals surface area contributed by atoms with E-state index in [-0.39, 0.29) is 12.1 Å². The summed E-state index contributed by atoms with van der Waals surface area (Å²) in [6, 6.07) is 4.93. The first kappa shape index (κ1) is 19.2. The normalized spacial score (nSPS) is 10.7. The third kappa shape index (κ3) is 6.85. The van der Waals surface area contributed by atoms with Crippen molar-refractivity contribution in [3.05, 3.63) is 27.3 Å². The molecular weight excluding hydrogens is 415 g/mol. The number of benzene rings is 1. The van der Waals surface area contributed by atoms with E-state index in [1.54, 1.807) is 39.0 Å². The lowest BCUT2D eigenvalue weighted by Crippen LogP contribution is -2.32. The summed E-state index contributed by atoms with van der Waals surface area (Å²) < 4.78 is 10.4. The van der Waals surface area contributed by atoms with Crippen LogP contribution in [0.3, 0.4) is 0 Å². The van der Waals surface area contributed by atoms with Crippen molar-refractivity contribution < 1.29 is 23.9 Å². The molecule has 0 saturated heterocycles. The minimum Gasteiger partial charge on any atom is -0.468 e. The minimum atomic E-state index is -0.666. The van der Waals surface area contributed by atoms with Crippen LogP contribution in [0.4, 0.5) is 10.5 Å². The lowest BCUT2D eigenvalue weighted by molar-refractivity contribution is -0.139. The van der Waals surface area contributed by atoms with Crippen molar-refractivity contribution in [3.8, 4) is 0 Å². The van der Waals surface area contributed by atoms with E-state index in [1.165, 1.54) is 7.11 Å². The molecule has 2 N–H and O–H groups in total. The predicted molar refractivity (Wildman–Crippen MR) is 93.4 cm³/mol. The molecule has 1 rings (SSSR count). The Morgan fingerprint density at radius 2 is 1.87 bits per heavy atom. The number of hydrogen-bond donors (Lipinski definition) is 2. The average molecular weight is 434 g/mol. The lowest BCUT2D eigenvalue weighted by Gasteiger charge is -2.20. The summed E-state index contributed by atoms with van der Waals surface area (Å²) in [5.41, 5.74) is -0.130. The lowest BCUT2D eigenvalue weighted by atomic mass is 10.1. The van der Waals surface area contributed by atoms with E-state index in [9.17, 15) is 14.4 Å². The summed E-state index contributed by atoms with van der Waals surface area (Å²) >= 11 is 2.04. The minimum absolute atomic E-state index is 0.228. The second kappa shape index (κ2) is 8.14. The van der Waals surface area contributed by atoms with E-state index < -0.39 is 23.6 Å². The van der Waals surface area contributed by atoms with Crippen LogP contribution < -0.4 is 10.6 Å².